The van der Waals surface area contributed by atoms with E-state index in [0.29, 0.717) is 6.54 Å². The van der Waals surface area contributed by atoms with Crippen molar-refractivity contribution >= 4 is 11.0 Å². The molecule has 0 aliphatic carbocycles. The average Bonchev–Trinajstić information content (AvgIpc) is 2.78. The first-order valence-electron chi connectivity index (χ1n) is 7.03. The highest BCUT2D eigenvalue weighted by molar-refractivity contribution is 5.75. The monoisotopic (exact) mass is 282 g/mol. The second-order valence-corrected chi connectivity index (χ2v) is 5.51. The normalized spacial score (nSPS) is 11.4. The van der Waals surface area contributed by atoms with Gasteiger partial charge in [-0.3, -0.25) is 9.36 Å². The standard InChI is InChI=1S/C16H18N4O/c1-11(2)13-8-16(21)20(10-17-13)9-15-18-12-6-4-5-7-14(12)19(15)3/h4-8,10-11H,9H2,1-3H3. The number of benzene rings is 1. The first-order valence-corrected chi connectivity index (χ1v) is 7.03. The van der Waals surface area contributed by atoms with E-state index in [1.807, 2.05) is 49.7 Å². The van der Waals surface area contributed by atoms with Crippen molar-refractivity contribution in [1.82, 2.24) is 19.1 Å². The Bertz CT molecular complexity index is 845. The van der Waals surface area contributed by atoms with E-state index >= 15 is 0 Å². The van der Waals surface area contributed by atoms with Gasteiger partial charge in [-0.1, -0.05) is 26.0 Å². The van der Waals surface area contributed by atoms with Gasteiger partial charge in [-0.05, 0) is 18.1 Å². The molecule has 0 atom stereocenters. The molecule has 2 heterocycles. The van der Waals surface area contributed by atoms with E-state index in [9.17, 15) is 4.79 Å². The van der Waals surface area contributed by atoms with Gasteiger partial charge in [0, 0.05) is 13.1 Å². The van der Waals surface area contributed by atoms with Crippen molar-refractivity contribution in [2.45, 2.75) is 26.3 Å². The minimum Gasteiger partial charge on any atom is -0.330 e. The zero-order valence-electron chi connectivity index (χ0n) is 12.4. The number of nitrogens with zero attached hydrogens (tertiary/aromatic N) is 4. The van der Waals surface area contributed by atoms with Gasteiger partial charge in [-0.15, -0.1) is 0 Å². The Morgan fingerprint density at radius 1 is 1.24 bits per heavy atom. The van der Waals surface area contributed by atoms with E-state index in [1.54, 1.807) is 17.0 Å². The molecule has 108 valence electrons. The molecule has 21 heavy (non-hydrogen) atoms. The van der Waals surface area contributed by atoms with Crippen LogP contribution < -0.4 is 5.56 Å². The van der Waals surface area contributed by atoms with Gasteiger partial charge in [-0.2, -0.15) is 0 Å². The molecule has 0 aliphatic rings. The minimum absolute atomic E-state index is 0.0410. The fourth-order valence-corrected chi connectivity index (χ4v) is 2.36. The lowest BCUT2D eigenvalue weighted by Gasteiger charge is -2.08. The molecule has 3 aromatic rings. The summed E-state index contributed by atoms with van der Waals surface area (Å²) in [6, 6.07) is 9.55. The number of aryl methyl sites for hydroxylation is 1. The van der Waals surface area contributed by atoms with Crippen molar-refractivity contribution < 1.29 is 0 Å². The van der Waals surface area contributed by atoms with Gasteiger partial charge in [0.1, 0.15) is 5.82 Å². The van der Waals surface area contributed by atoms with Crippen LogP contribution in [0.2, 0.25) is 0 Å². The third-order valence-electron chi connectivity index (χ3n) is 3.68. The maximum Gasteiger partial charge on any atom is 0.253 e. The molecule has 0 saturated carbocycles. The second-order valence-electron chi connectivity index (χ2n) is 5.51. The third kappa shape index (κ3) is 2.46. The van der Waals surface area contributed by atoms with Gasteiger partial charge in [0.2, 0.25) is 0 Å². The molecule has 0 unspecified atom stereocenters. The van der Waals surface area contributed by atoms with Crippen molar-refractivity contribution in [1.29, 1.82) is 0 Å². The first-order chi connectivity index (χ1) is 10.1. The van der Waals surface area contributed by atoms with Crippen LogP contribution in [0, 0.1) is 0 Å². The van der Waals surface area contributed by atoms with Gasteiger partial charge in [0.15, 0.2) is 0 Å². The maximum atomic E-state index is 12.2. The van der Waals surface area contributed by atoms with Gasteiger partial charge >= 0.3 is 0 Å². The van der Waals surface area contributed by atoms with Crippen molar-refractivity contribution in [2.75, 3.05) is 0 Å². The van der Waals surface area contributed by atoms with Crippen molar-refractivity contribution in [3.8, 4) is 0 Å². The number of rotatable bonds is 3. The van der Waals surface area contributed by atoms with Crippen LogP contribution in [0.4, 0.5) is 0 Å². The predicted octanol–water partition coefficient (Wildman–Crippen LogP) is 2.30. The summed E-state index contributed by atoms with van der Waals surface area (Å²) in [5, 5.41) is 0. The Labute approximate surface area is 122 Å². The Morgan fingerprint density at radius 3 is 2.67 bits per heavy atom. The fourth-order valence-electron chi connectivity index (χ4n) is 2.36. The molecular weight excluding hydrogens is 264 g/mol. The Balaban J connectivity index is 1.99. The molecule has 0 fully saturated rings. The second kappa shape index (κ2) is 5.16. The molecule has 0 spiro atoms. The number of imidazole rings is 1. The summed E-state index contributed by atoms with van der Waals surface area (Å²) in [6.07, 6.45) is 1.61. The summed E-state index contributed by atoms with van der Waals surface area (Å²) >= 11 is 0. The molecular formula is C16H18N4O. The number of hydrogen-bond acceptors (Lipinski definition) is 3. The van der Waals surface area contributed by atoms with Crippen LogP contribution in [-0.4, -0.2) is 19.1 Å². The Kier molecular flexibility index (Phi) is 3.33. The highest BCUT2D eigenvalue weighted by Crippen LogP contribution is 2.14. The summed E-state index contributed by atoms with van der Waals surface area (Å²) in [5.74, 6) is 1.10. The minimum atomic E-state index is -0.0410. The van der Waals surface area contributed by atoms with Crippen LogP contribution in [-0.2, 0) is 13.6 Å². The Hall–Kier alpha value is -2.43. The summed E-state index contributed by atoms with van der Waals surface area (Å²) in [6.45, 7) is 4.48. The van der Waals surface area contributed by atoms with Gasteiger partial charge in [0.25, 0.3) is 5.56 Å². The fraction of sp³-hybridized carbons (Fsp3) is 0.312. The van der Waals surface area contributed by atoms with Crippen LogP contribution in [0.3, 0.4) is 0 Å². The molecule has 2 aromatic heterocycles. The molecule has 0 aliphatic heterocycles. The lowest BCUT2D eigenvalue weighted by Crippen LogP contribution is -2.22. The van der Waals surface area contributed by atoms with Gasteiger partial charge in [-0.25, -0.2) is 9.97 Å². The quantitative estimate of drug-likeness (QED) is 0.740. The molecule has 3 rings (SSSR count). The topological polar surface area (TPSA) is 52.7 Å². The van der Waals surface area contributed by atoms with E-state index < -0.39 is 0 Å². The SMILES string of the molecule is CC(C)c1cc(=O)n(Cc2nc3ccccc3n2C)cn1. The zero-order valence-corrected chi connectivity index (χ0v) is 12.4. The maximum absolute atomic E-state index is 12.2. The van der Waals surface area contributed by atoms with Crippen LogP contribution in [0.1, 0.15) is 31.3 Å². The number of fused-ring (bicyclic) bond motifs is 1. The van der Waals surface area contributed by atoms with Gasteiger partial charge in [0.05, 0.1) is 29.6 Å². The zero-order chi connectivity index (χ0) is 15.0. The van der Waals surface area contributed by atoms with Crippen LogP contribution in [0.15, 0.2) is 41.5 Å². The molecule has 1 aromatic carbocycles. The predicted molar refractivity (Wildman–Crippen MR) is 82.4 cm³/mol. The summed E-state index contributed by atoms with van der Waals surface area (Å²) in [4.78, 5) is 21.1. The lowest BCUT2D eigenvalue weighted by atomic mass is 10.1. The summed E-state index contributed by atoms with van der Waals surface area (Å²) < 4.78 is 3.60. The van der Waals surface area contributed by atoms with E-state index in [1.165, 1.54) is 0 Å². The molecule has 5 nitrogen and oxygen atoms in total. The molecule has 0 saturated heterocycles. The van der Waals surface area contributed by atoms with E-state index in [0.717, 1.165) is 22.6 Å². The molecule has 0 amide bonds. The molecule has 0 radical (unpaired) electrons. The van der Waals surface area contributed by atoms with E-state index in [2.05, 4.69) is 9.97 Å². The Morgan fingerprint density at radius 2 is 2.00 bits per heavy atom. The van der Waals surface area contributed by atoms with Crippen LogP contribution >= 0.6 is 0 Å². The van der Waals surface area contributed by atoms with E-state index in [4.69, 9.17) is 0 Å². The van der Waals surface area contributed by atoms with E-state index in [-0.39, 0.29) is 11.5 Å². The molecule has 5 heteroatoms. The molecule has 0 N–H and O–H groups in total. The number of aromatic nitrogens is 4. The van der Waals surface area contributed by atoms with Crippen LogP contribution in [0.5, 0.6) is 0 Å². The van der Waals surface area contributed by atoms with Gasteiger partial charge < -0.3 is 4.57 Å². The van der Waals surface area contributed by atoms with Crippen molar-refractivity contribution in [3.05, 3.63) is 58.5 Å². The smallest absolute Gasteiger partial charge is 0.253 e. The molecule has 0 bridgehead atoms. The number of para-hydroxylation sites is 2. The average molecular weight is 282 g/mol. The highest BCUT2D eigenvalue weighted by Gasteiger charge is 2.09. The number of hydrogen-bond donors (Lipinski definition) is 0. The summed E-state index contributed by atoms with van der Waals surface area (Å²) in [5.41, 5.74) is 2.78. The van der Waals surface area contributed by atoms with Crippen molar-refractivity contribution in [2.24, 2.45) is 7.05 Å². The first kappa shape index (κ1) is 13.5. The van der Waals surface area contributed by atoms with Crippen LogP contribution in [0.25, 0.3) is 11.0 Å². The van der Waals surface area contributed by atoms with Crippen molar-refractivity contribution in [3.63, 3.8) is 0 Å². The third-order valence-corrected chi connectivity index (χ3v) is 3.68. The summed E-state index contributed by atoms with van der Waals surface area (Å²) in [7, 11) is 1.96. The lowest BCUT2D eigenvalue weighted by molar-refractivity contribution is 0.659. The largest absolute Gasteiger partial charge is 0.330 e. The highest BCUT2D eigenvalue weighted by atomic mass is 16.1.